The van der Waals surface area contributed by atoms with Gasteiger partial charge in [0, 0.05) is 32.5 Å². The number of aromatic nitrogens is 2. The van der Waals surface area contributed by atoms with Gasteiger partial charge in [-0.25, -0.2) is 17.9 Å². The summed E-state index contributed by atoms with van der Waals surface area (Å²) in [4.78, 5) is 12.0. The monoisotopic (exact) mass is 359 g/mol. The Morgan fingerprint density at radius 1 is 1.26 bits per heavy atom. The van der Waals surface area contributed by atoms with Gasteiger partial charge in [-0.3, -0.25) is 9.13 Å². The molecule has 1 heterocycles. The van der Waals surface area contributed by atoms with Crippen molar-refractivity contribution in [2.75, 3.05) is 18.6 Å². The SMILES string of the molecule is CSC[C@H](CCO)NS(=O)(=O)c1ccc2c(c1)n(C)c(=O)n2C. The lowest BCUT2D eigenvalue weighted by molar-refractivity contribution is 0.276. The largest absolute Gasteiger partial charge is 0.396 e. The predicted octanol–water partition coefficient (Wildman–Crippen LogP) is 0.269. The molecule has 128 valence electrons. The maximum absolute atomic E-state index is 12.5. The fraction of sp³-hybridized carbons (Fsp3) is 0.500. The highest BCUT2D eigenvalue weighted by Gasteiger charge is 2.21. The van der Waals surface area contributed by atoms with Gasteiger partial charge in [0.1, 0.15) is 0 Å². The number of benzene rings is 1. The second-order valence-electron chi connectivity index (χ2n) is 5.34. The molecule has 0 spiro atoms. The highest BCUT2D eigenvalue weighted by Crippen LogP contribution is 2.18. The van der Waals surface area contributed by atoms with Crippen LogP contribution in [0.2, 0.25) is 0 Å². The minimum atomic E-state index is -3.71. The van der Waals surface area contributed by atoms with Crippen molar-refractivity contribution < 1.29 is 13.5 Å². The molecule has 0 unspecified atom stereocenters. The molecule has 2 aromatic rings. The van der Waals surface area contributed by atoms with Crippen molar-refractivity contribution >= 4 is 32.8 Å². The lowest BCUT2D eigenvalue weighted by Crippen LogP contribution is -2.37. The summed E-state index contributed by atoms with van der Waals surface area (Å²) in [5, 5.41) is 9.06. The highest BCUT2D eigenvalue weighted by molar-refractivity contribution is 7.98. The number of sulfonamides is 1. The molecule has 1 aromatic heterocycles. The second kappa shape index (κ2) is 7.08. The summed E-state index contributed by atoms with van der Waals surface area (Å²) in [6.45, 7) is -0.0834. The first-order chi connectivity index (χ1) is 10.8. The number of hydrogen-bond acceptors (Lipinski definition) is 5. The van der Waals surface area contributed by atoms with Crippen molar-refractivity contribution in [3.05, 3.63) is 28.7 Å². The van der Waals surface area contributed by atoms with Crippen LogP contribution in [0.3, 0.4) is 0 Å². The van der Waals surface area contributed by atoms with Gasteiger partial charge in [-0.2, -0.15) is 11.8 Å². The van der Waals surface area contributed by atoms with Gasteiger partial charge in [0.05, 0.1) is 15.9 Å². The minimum Gasteiger partial charge on any atom is -0.396 e. The van der Waals surface area contributed by atoms with E-state index >= 15 is 0 Å². The van der Waals surface area contributed by atoms with Gasteiger partial charge in [-0.05, 0) is 30.9 Å². The molecule has 2 N–H and O–H groups in total. The van der Waals surface area contributed by atoms with Crippen molar-refractivity contribution in [1.82, 2.24) is 13.9 Å². The van der Waals surface area contributed by atoms with Gasteiger partial charge in [0.15, 0.2) is 0 Å². The van der Waals surface area contributed by atoms with E-state index in [-0.39, 0.29) is 23.2 Å². The number of rotatable bonds is 7. The first kappa shape index (κ1) is 18.1. The standard InChI is InChI=1S/C14H21N3O4S2/c1-16-12-5-4-11(8-13(12)17(2)14(16)19)23(20,21)15-10(6-7-18)9-22-3/h4-5,8,10,15,18H,6-7,9H2,1-3H3/t10-/m0/s1. The minimum absolute atomic E-state index is 0.0834. The molecule has 7 nitrogen and oxygen atoms in total. The van der Waals surface area contributed by atoms with Gasteiger partial charge in [0.2, 0.25) is 10.0 Å². The van der Waals surface area contributed by atoms with Crippen molar-refractivity contribution in [3.63, 3.8) is 0 Å². The van der Waals surface area contributed by atoms with E-state index < -0.39 is 10.0 Å². The van der Waals surface area contributed by atoms with Crippen molar-refractivity contribution in [1.29, 1.82) is 0 Å². The molecule has 0 aliphatic carbocycles. The molecule has 0 aliphatic heterocycles. The lowest BCUT2D eigenvalue weighted by Gasteiger charge is -2.17. The van der Waals surface area contributed by atoms with Crippen LogP contribution < -0.4 is 10.4 Å². The molecule has 0 saturated carbocycles. The molecule has 0 aliphatic rings. The first-order valence-electron chi connectivity index (χ1n) is 7.09. The molecular formula is C14H21N3O4S2. The van der Waals surface area contributed by atoms with E-state index in [9.17, 15) is 13.2 Å². The van der Waals surface area contributed by atoms with Crippen LogP contribution in [-0.4, -0.2) is 47.3 Å². The zero-order chi connectivity index (χ0) is 17.2. The number of imidazole rings is 1. The van der Waals surface area contributed by atoms with E-state index in [0.717, 1.165) is 0 Å². The Hall–Kier alpha value is -1.29. The maximum Gasteiger partial charge on any atom is 0.328 e. The summed E-state index contributed by atoms with van der Waals surface area (Å²) in [5.74, 6) is 0.575. The molecule has 2 rings (SSSR count). The third-order valence-electron chi connectivity index (χ3n) is 3.72. The summed E-state index contributed by atoms with van der Waals surface area (Å²) >= 11 is 1.51. The molecule has 0 saturated heterocycles. The summed E-state index contributed by atoms with van der Waals surface area (Å²) in [6, 6.07) is 4.27. The van der Waals surface area contributed by atoms with Crippen LogP contribution in [0.4, 0.5) is 0 Å². The van der Waals surface area contributed by atoms with Crippen LogP contribution in [0, 0.1) is 0 Å². The highest BCUT2D eigenvalue weighted by atomic mass is 32.2. The van der Waals surface area contributed by atoms with Gasteiger partial charge in [0.25, 0.3) is 0 Å². The van der Waals surface area contributed by atoms with E-state index in [1.807, 2.05) is 6.26 Å². The molecule has 0 bridgehead atoms. The van der Waals surface area contributed by atoms with E-state index in [4.69, 9.17) is 5.11 Å². The lowest BCUT2D eigenvalue weighted by atomic mass is 10.3. The molecule has 23 heavy (non-hydrogen) atoms. The zero-order valence-corrected chi connectivity index (χ0v) is 14.9. The topological polar surface area (TPSA) is 93.3 Å². The summed E-state index contributed by atoms with van der Waals surface area (Å²) in [5.41, 5.74) is 1.03. The third-order valence-corrected chi connectivity index (χ3v) is 5.97. The van der Waals surface area contributed by atoms with Crippen LogP contribution in [0.5, 0.6) is 0 Å². The van der Waals surface area contributed by atoms with Crippen molar-refractivity contribution in [2.45, 2.75) is 17.4 Å². The average Bonchev–Trinajstić information content (AvgIpc) is 2.72. The van der Waals surface area contributed by atoms with E-state index in [1.165, 1.54) is 33.0 Å². The molecular weight excluding hydrogens is 338 g/mol. The fourth-order valence-corrected chi connectivity index (χ4v) is 4.52. The zero-order valence-electron chi connectivity index (χ0n) is 13.3. The number of nitrogens with zero attached hydrogens (tertiary/aromatic N) is 2. The Balaban J connectivity index is 2.42. The van der Waals surface area contributed by atoms with Crippen LogP contribution >= 0.6 is 11.8 Å². The maximum atomic E-state index is 12.5. The van der Waals surface area contributed by atoms with Gasteiger partial charge >= 0.3 is 5.69 Å². The predicted molar refractivity (Wildman–Crippen MR) is 92.4 cm³/mol. The Kier molecular flexibility index (Phi) is 5.56. The van der Waals surface area contributed by atoms with E-state index in [2.05, 4.69) is 4.72 Å². The summed E-state index contributed by atoms with van der Waals surface area (Å²) in [7, 11) is -0.461. The summed E-state index contributed by atoms with van der Waals surface area (Å²) in [6.07, 6.45) is 2.23. The average molecular weight is 359 g/mol. The second-order valence-corrected chi connectivity index (χ2v) is 7.96. The number of aryl methyl sites for hydroxylation is 2. The van der Waals surface area contributed by atoms with Crippen LogP contribution in [0.1, 0.15) is 6.42 Å². The fourth-order valence-electron chi connectivity index (χ4n) is 2.47. The van der Waals surface area contributed by atoms with Crippen LogP contribution in [-0.2, 0) is 24.1 Å². The number of fused-ring (bicyclic) bond motifs is 1. The van der Waals surface area contributed by atoms with Crippen molar-refractivity contribution in [2.24, 2.45) is 14.1 Å². The molecule has 0 radical (unpaired) electrons. The van der Waals surface area contributed by atoms with Gasteiger partial charge in [-0.15, -0.1) is 0 Å². The first-order valence-corrected chi connectivity index (χ1v) is 9.97. The van der Waals surface area contributed by atoms with Crippen LogP contribution in [0.25, 0.3) is 11.0 Å². The number of aliphatic hydroxyl groups excluding tert-OH is 1. The molecule has 1 aromatic carbocycles. The molecule has 0 fully saturated rings. The summed E-state index contributed by atoms with van der Waals surface area (Å²) < 4.78 is 30.6. The number of hydrogen-bond donors (Lipinski definition) is 2. The number of nitrogens with one attached hydrogen (secondary N) is 1. The Labute approximate surface area is 139 Å². The number of thioether (sulfide) groups is 1. The normalized spacial score (nSPS) is 13.6. The van der Waals surface area contributed by atoms with Crippen LogP contribution in [0.15, 0.2) is 27.9 Å². The van der Waals surface area contributed by atoms with Gasteiger partial charge < -0.3 is 5.11 Å². The molecule has 1 atom stereocenters. The molecule has 0 amide bonds. The van der Waals surface area contributed by atoms with E-state index in [1.54, 1.807) is 20.2 Å². The van der Waals surface area contributed by atoms with Crippen molar-refractivity contribution in [3.8, 4) is 0 Å². The molecule has 9 heteroatoms. The number of aliphatic hydroxyl groups is 1. The Morgan fingerprint density at radius 2 is 1.91 bits per heavy atom. The third kappa shape index (κ3) is 3.63. The van der Waals surface area contributed by atoms with Gasteiger partial charge in [-0.1, -0.05) is 0 Å². The van der Waals surface area contributed by atoms with E-state index in [0.29, 0.717) is 23.2 Å². The smallest absolute Gasteiger partial charge is 0.328 e. The Morgan fingerprint density at radius 3 is 2.52 bits per heavy atom. The Bertz CT molecular complexity index is 849. The quantitative estimate of drug-likeness (QED) is 0.740.